The molecule has 1 saturated heterocycles. The van der Waals surface area contributed by atoms with Crippen molar-refractivity contribution in [3.8, 4) is 0 Å². The first kappa shape index (κ1) is 13.8. The van der Waals surface area contributed by atoms with E-state index in [0.29, 0.717) is 6.04 Å². The van der Waals surface area contributed by atoms with E-state index in [0.717, 1.165) is 38.5 Å². The number of likely N-dealkylation sites (N-methyl/N-ethyl adjacent to an activating group) is 1. The molecular weight excluding hydrogens is 228 g/mol. The molecule has 1 heterocycles. The molecule has 2 aliphatic rings. The molecule has 2 fully saturated rings. The second-order valence-electron chi connectivity index (χ2n) is 5.89. The molecule has 0 amide bonds. The van der Waals surface area contributed by atoms with Crippen LogP contribution in [0, 0.1) is 11.8 Å². The molecule has 2 atom stereocenters. The lowest BCUT2D eigenvalue weighted by molar-refractivity contribution is -0.144. The molecule has 0 aromatic heterocycles. The Morgan fingerprint density at radius 1 is 1.33 bits per heavy atom. The maximum Gasteiger partial charge on any atom is 0.307 e. The van der Waals surface area contributed by atoms with Crippen molar-refractivity contribution in [2.75, 3.05) is 26.2 Å². The average Bonchev–Trinajstić information content (AvgIpc) is 2.82. The van der Waals surface area contributed by atoms with Crippen LogP contribution in [0.15, 0.2) is 0 Å². The molecule has 4 nitrogen and oxygen atoms in total. The summed E-state index contributed by atoms with van der Waals surface area (Å²) >= 11 is 0. The quantitative estimate of drug-likeness (QED) is 0.782. The van der Waals surface area contributed by atoms with E-state index >= 15 is 0 Å². The minimum atomic E-state index is -0.631. The molecule has 1 saturated carbocycles. The molecular formula is C14H26N2O2. The van der Waals surface area contributed by atoms with E-state index in [-0.39, 0.29) is 5.92 Å². The summed E-state index contributed by atoms with van der Waals surface area (Å²) in [7, 11) is 0. The van der Waals surface area contributed by atoms with E-state index in [4.69, 9.17) is 0 Å². The summed E-state index contributed by atoms with van der Waals surface area (Å²) in [5, 5.41) is 12.7. The minimum Gasteiger partial charge on any atom is -0.481 e. The van der Waals surface area contributed by atoms with E-state index in [1.807, 2.05) is 0 Å². The van der Waals surface area contributed by atoms with Gasteiger partial charge in [-0.25, -0.2) is 0 Å². The highest BCUT2D eigenvalue weighted by Gasteiger charge is 2.32. The monoisotopic (exact) mass is 254 g/mol. The van der Waals surface area contributed by atoms with Crippen molar-refractivity contribution in [1.29, 1.82) is 0 Å². The smallest absolute Gasteiger partial charge is 0.307 e. The third kappa shape index (κ3) is 3.69. The molecule has 18 heavy (non-hydrogen) atoms. The highest BCUT2D eigenvalue weighted by molar-refractivity contribution is 5.70. The first-order chi connectivity index (χ1) is 8.69. The lowest BCUT2D eigenvalue weighted by Gasteiger charge is -2.37. The van der Waals surface area contributed by atoms with Gasteiger partial charge in [-0.05, 0) is 31.7 Å². The number of nitrogens with zero attached hydrogens (tertiary/aromatic N) is 1. The van der Waals surface area contributed by atoms with Crippen molar-refractivity contribution in [1.82, 2.24) is 10.2 Å². The van der Waals surface area contributed by atoms with E-state index in [1.165, 1.54) is 25.7 Å². The van der Waals surface area contributed by atoms with Gasteiger partial charge in [0.2, 0.25) is 0 Å². The van der Waals surface area contributed by atoms with Crippen LogP contribution < -0.4 is 5.32 Å². The zero-order valence-electron chi connectivity index (χ0n) is 11.4. The van der Waals surface area contributed by atoms with Crippen LogP contribution in [0.1, 0.15) is 39.0 Å². The number of nitrogens with one attached hydrogen (secondary N) is 1. The van der Waals surface area contributed by atoms with Gasteiger partial charge < -0.3 is 15.3 Å². The van der Waals surface area contributed by atoms with Crippen LogP contribution in [0.5, 0.6) is 0 Å². The largest absolute Gasteiger partial charge is 0.481 e. The number of piperidine rings is 1. The molecule has 2 unspecified atom stereocenters. The van der Waals surface area contributed by atoms with Crippen LogP contribution in [-0.4, -0.2) is 48.2 Å². The summed E-state index contributed by atoms with van der Waals surface area (Å²) in [4.78, 5) is 13.6. The van der Waals surface area contributed by atoms with Crippen LogP contribution in [-0.2, 0) is 4.79 Å². The minimum absolute atomic E-state index is 0.191. The van der Waals surface area contributed by atoms with Gasteiger partial charge in [0.15, 0.2) is 0 Å². The molecule has 0 aromatic carbocycles. The van der Waals surface area contributed by atoms with Crippen LogP contribution in [0.2, 0.25) is 0 Å². The molecule has 2 N–H and O–H groups in total. The predicted octanol–water partition coefficient (Wildman–Crippen LogP) is 1.56. The Hall–Kier alpha value is -0.610. The van der Waals surface area contributed by atoms with E-state index < -0.39 is 5.97 Å². The highest BCUT2D eigenvalue weighted by Crippen LogP contribution is 2.27. The van der Waals surface area contributed by atoms with Crippen LogP contribution in [0.4, 0.5) is 0 Å². The van der Waals surface area contributed by atoms with Crippen molar-refractivity contribution in [3.05, 3.63) is 0 Å². The average molecular weight is 254 g/mol. The van der Waals surface area contributed by atoms with Gasteiger partial charge in [-0.2, -0.15) is 0 Å². The molecule has 0 bridgehead atoms. The van der Waals surface area contributed by atoms with Gasteiger partial charge in [-0.15, -0.1) is 0 Å². The number of likely N-dealkylation sites (tertiary alicyclic amines) is 1. The summed E-state index contributed by atoms with van der Waals surface area (Å²) in [5.41, 5.74) is 0. The Morgan fingerprint density at radius 2 is 2.06 bits per heavy atom. The molecule has 104 valence electrons. The number of carboxylic acid groups (broad SMARTS) is 1. The number of rotatable bonds is 5. The van der Waals surface area contributed by atoms with Gasteiger partial charge in [-0.1, -0.05) is 19.8 Å². The fourth-order valence-corrected chi connectivity index (χ4v) is 3.51. The molecule has 1 aliphatic carbocycles. The Balaban J connectivity index is 1.89. The standard InChI is InChI=1S/C14H26N2O2/c1-2-15-13-7-12(14(17)18)9-16(10-13)8-11-5-3-4-6-11/h11-13,15H,2-10H2,1H3,(H,17,18). The molecule has 4 heteroatoms. The van der Waals surface area contributed by atoms with Gasteiger partial charge in [-0.3, -0.25) is 4.79 Å². The molecule has 0 aromatic rings. The van der Waals surface area contributed by atoms with Crippen molar-refractivity contribution in [2.24, 2.45) is 11.8 Å². The van der Waals surface area contributed by atoms with Gasteiger partial charge in [0.25, 0.3) is 0 Å². The predicted molar refractivity (Wildman–Crippen MR) is 71.6 cm³/mol. The normalized spacial score (nSPS) is 30.7. The fourth-order valence-electron chi connectivity index (χ4n) is 3.51. The van der Waals surface area contributed by atoms with Gasteiger partial charge in [0.05, 0.1) is 5.92 Å². The SMILES string of the molecule is CCNC1CC(C(=O)O)CN(CC2CCCC2)C1. The van der Waals surface area contributed by atoms with Crippen molar-refractivity contribution in [3.63, 3.8) is 0 Å². The summed E-state index contributed by atoms with van der Waals surface area (Å²) < 4.78 is 0. The van der Waals surface area contributed by atoms with E-state index in [9.17, 15) is 9.90 Å². The number of aliphatic carboxylic acids is 1. The Morgan fingerprint density at radius 3 is 2.67 bits per heavy atom. The van der Waals surface area contributed by atoms with Crippen molar-refractivity contribution >= 4 is 5.97 Å². The molecule has 0 spiro atoms. The Labute approximate surface area is 110 Å². The topological polar surface area (TPSA) is 52.6 Å². The van der Waals surface area contributed by atoms with Gasteiger partial charge >= 0.3 is 5.97 Å². The second kappa shape index (κ2) is 6.53. The molecule has 2 rings (SSSR count). The zero-order valence-corrected chi connectivity index (χ0v) is 11.4. The third-order valence-corrected chi connectivity index (χ3v) is 4.36. The van der Waals surface area contributed by atoms with Gasteiger partial charge in [0.1, 0.15) is 0 Å². The van der Waals surface area contributed by atoms with Crippen molar-refractivity contribution in [2.45, 2.75) is 45.1 Å². The second-order valence-corrected chi connectivity index (χ2v) is 5.89. The van der Waals surface area contributed by atoms with Crippen LogP contribution in [0.25, 0.3) is 0 Å². The summed E-state index contributed by atoms with van der Waals surface area (Å²) in [5.74, 6) is -0.0157. The number of hydrogen-bond donors (Lipinski definition) is 2. The third-order valence-electron chi connectivity index (χ3n) is 4.36. The van der Waals surface area contributed by atoms with Gasteiger partial charge in [0, 0.05) is 25.7 Å². The first-order valence-corrected chi connectivity index (χ1v) is 7.37. The van der Waals surface area contributed by atoms with E-state index in [2.05, 4.69) is 17.1 Å². The summed E-state index contributed by atoms with van der Waals surface area (Å²) in [6.07, 6.45) is 6.17. The highest BCUT2D eigenvalue weighted by atomic mass is 16.4. The number of carboxylic acids is 1. The lowest BCUT2D eigenvalue weighted by Crippen LogP contribution is -2.51. The maximum atomic E-state index is 11.2. The fraction of sp³-hybridized carbons (Fsp3) is 0.929. The van der Waals surface area contributed by atoms with Crippen LogP contribution >= 0.6 is 0 Å². The van der Waals surface area contributed by atoms with E-state index in [1.54, 1.807) is 0 Å². The lowest BCUT2D eigenvalue weighted by atomic mass is 9.93. The Bertz CT molecular complexity index is 277. The van der Waals surface area contributed by atoms with Crippen molar-refractivity contribution < 1.29 is 9.90 Å². The Kier molecular flexibility index (Phi) is 5.01. The molecule has 0 radical (unpaired) electrons. The first-order valence-electron chi connectivity index (χ1n) is 7.37. The summed E-state index contributed by atoms with van der Waals surface area (Å²) in [6, 6.07) is 0.353. The zero-order chi connectivity index (χ0) is 13.0. The molecule has 1 aliphatic heterocycles. The number of hydrogen-bond acceptors (Lipinski definition) is 3. The maximum absolute atomic E-state index is 11.2. The summed E-state index contributed by atoms with van der Waals surface area (Å²) in [6.45, 7) is 5.88. The number of carbonyl (C=O) groups is 1. The van der Waals surface area contributed by atoms with Crippen LogP contribution in [0.3, 0.4) is 0 Å².